The molecule has 3 nitrogen and oxygen atoms in total. The Kier molecular flexibility index (Phi) is 4.43. The first kappa shape index (κ1) is 13.6. The molecule has 18 heavy (non-hydrogen) atoms. The van der Waals surface area contributed by atoms with Crippen LogP contribution < -0.4 is 0 Å². The molecule has 0 radical (unpaired) electrons. The SMILES string of the molecule is CCCn1cc(C(O)c2ccc(Br)cc2Cl)cn1. The summed E-state index contributed by atoms with van der Waals surface area (Å²) in [6.07, 6.45) is 3.80. The number of hydrogen-bond acceptors (Lipinski definition) is 2. The maximum absolute atomic E-state index is 10.3. The second-order valence-electron chi connectivity index (χ2n) is 4.11. The highest BCUT2D eigenvalue weighted by Crippen LogP contribution is 2.30. The highest BCUT2D eigenvalue weighted by Gasteiger charge is 2.15. The Morgan fingerprint density at radius 1 is 1.50 bits per heavy atom. The van der Waals surface area contributed by atoms with E-state index in [1.165, 1.54) is 0 Å². The van der Waals surface area contributed by atoms with Crippen molar-refractivity contribution in [3.8, 4) is 0 Å². The van der Waals surface area contributed by atoms with Crippen LogP contribution in [0.4, 0.5) is 0 Å². The van der Waals surface area contributed by atoms with Gasteiger partial charge in [-0.1, -0.05) is 40.5 Å². The van der Waals surface area contributed by atoms with Gasteiger partial charge in [-0.15, -0.1) is 0 Å². The second kappa shape index (κ2) is 5.87. The zero-order valence-corrected chi connectivity index (χ0v) is 12.3. The van der Waals surface area contributed by atoms with Gasteiger partial charge in [0.15, 0.2) is 0 Å². The smallest absolute Gasteiger partial charge is 0.109 e. The van der Waals surface area contributed by atoms with Crippen molar-refractivity contribution in [1.29, 1.82) is 0 Å². The van der Waals surface area contributed by atoms with Gasteiger partial charge in [0.1, 0.15) is 6.10 Å². The van der Waals surface area contributed by atoms with E-state index in [-0.39, 0.29) is 0 Å². The average molecular weight is 330 g/mol. The Hall–Kier alpha value is -0.840. The normalized spacial score (nSPS) is 12.7. The first-order chi connectivity index (χ1) is 8.61. The Balaban J connectivity index is 2.26. The summed E-state index contributed by atoms with van der Waals surface area (Å²) in [4.78, 5) is 0. The van der Waals surface area contributed by atoms with Crippen molar-refractivity contribution in [2.45, 2.75) is 26.0 Å². The molecular formula is C13H14BrClN2O. The van der Waals surface area contributed by atoms with Gasteiger partial charge >= 0.3 is 0 Å². The summed E-state index contributed by atoms with van der Waals surface area (Å²) >= 11 is 9.47. The van der Waals surface area contributed by atoms with Crippen LogP contribution in [0, 0.1) is 0 Å². The Labute approximate surface area is 120 Å². The third-order valence-corrected chi connectivity index (χ3v) is 3.50. The zero-order valence-electron chi connectivity index (χ0n) is 9.98. The summed E-state index contributed by atoms with van der Waals surface area (Å²) < 4.78 is 2.72. The Morgan fingerprint density at radius 3 is 2.94 bits per heavy atom. The van der Waals surface area contributed by atoms with Crippen LogP contribution in [0.25, 0.3) is 0 Å². The van der Waals surface area contributed by atoms with Crippen LogP contribution in [-0.4, -0.2) is 14.9 Å². The predicted octanol–water partition coefficient (Wildman–Crippen LogP) is 3.79. The summed E-state index contributed by atoms with van der Waals surface area (Å²) in [5, 5.41) is 15.0. The highest BCUT2D eigenvalue weighted by molar-refractivity contribution is 9.10. The molecule has 2 rings (SSSR count). The minimum Gasteiger partial charge on any atom is -0.383 e. The molecule has 0 spiro atoms. The zero-order chi connectivity index (χ0) is 13.1. The molecular weight excluding hydrogens is 316 g/mol. The van der Waals surface area contributed by atoms with E-state index in [0.717, 1.165) is 23.0 Å². The first-order valence-electron chi connectivity index (χ1n) is 5.77. The van der Waals surface area contributed by atoms with Gasteiger partial charge in [-0.3, -0.25) is 4.68 Å². The molecule has 1 atom stereocenters. The van der Waals surface area contributed by atoms with Gasteiger partial charge in [-0.2, -0.15) is 5.10 Å². The van der Waals surface area contributed by atoms with Gasteiger partial charge in [0, 0.05) is 33.4 Å². The van der Waals surface area contributed by atoms with Crippen LogP contribution in [0.5, 0.6) is 0 Å². The molecule has 0 amide bonds. The van der Waals surface area contributed by atoms with Crippen LogP contribution >= 0.6 is 27.5 Å². The Bertz CT molecular complexity index is 542. The monoisotopic (exact) mass is 328 g/mol. The molecule has 96 valence electrons. The summed E-state index contributed by atoms with van der Waals surface area (Å²) in [7, 11) is 0. The number of aryl methyl sites for hydroxylation is 1. The number of aromatic nitrogens is 2. The lowest BCUT2D eigenvalue weighted by molar-refractivity contribution is 0.220. The fourth-order valence-electron chi connectivity index (χ4n) is 1.77. The largest absolute Gasteiger partial charge is 0.383 e. The quantitative estimate of drug-likeness (QED) is 0.926. The van der Waals surface area contributed by atoms with Crippen LogP contribution in [0.1, 0.15) is 30.6 Å². The number of aliphatic hydroxyl groups is 1. The molecule has 0 bridgehead atoms. The molecule has 1 N–H and O–H groups in total. The fourth-order valence-corrected chi connectivity index (χ4v) is 2.55. The summed E-state index contributed by atoms with van der Waals surface area (Å²) in [5.41, 5.74) is 1.45. The lowest BCUT2D eigenvalue weighted by atomic mass is 10.1. The van der Waals surface area contributed by atoms with Gasteiger partial charge in [-0.25, -0.2) is 0 Å². The van der Waals surface area contributed by atoms with Gasteiger partial charge < -0.3 is 5.11 Å². The molecule has 1 aromatic heterocycles. The predicted molar refractivity (Wildman–Crippen MR) is 75.7 cm³/mol. The molecule has 1 aromatic carbocycles. The lowest BCUT2D eigenvalue weighted by Gasteiger charge is -2.11. The van der Waals surface area contributed by atoms with Crippen LogP contribution in [-0.2, 0) is 6.54 Å². The number of aliphatic hydroxyl groups excluding tert-OH is 1. The number of nitrogens with zero attached hydrogens (tertiary/aromatic N) is 2. The van der Waals surface area contributed by atoms with Gasteiger partial charge in [0.05, 0.1) is 6.20 Å². The fraction of sp³-hybridized carbons (Fsp3) is 0.308. The first-order valence-corrected chi connectivity index (χ1v) is 6.94. The minimum atomic E-state index is -0.740. The van der Waals surface area contributed by atoms with Crippen molar-refractivity contribution in [2.75, 3.05) is 0 Å². The van der Waals surface area contributed by atoms with Crippen molar-refractivity contribution in [3.63, 3.8) is 0 Å². The molecule has 1 unspecified atom stereocenters. The third-order valence-electron chi connectivity index (χ3n) is 2.68. The molecule has 0 fully saturated rings. The van der Waals surface area contributed by atoms with Crippen LogP contribution in [0.2, 0.25) is 5.02 Å². The van der Waals surface area contributed by atoms with E-state index in [1.54, 1.807) is 12.3 Å². The maximum atomic E-state index is 10.3. The van der Waals surface area contributed by atoms with E-state index in [1.807, 2.05) is 23.0 Å². The molecule has 0 aliphatic carbocycles. The molecule has 1 heterocycles. The van der Waals surface area contributed by atoms with Crippen molar-refractivity contribution in [2.24, 2.45) is 0 Å². The summed E-state index contributed by atoms with van der Waals surface area (Å²) in [5.74, 6) is 0. The molecule has 0 saturated heterocycles. The van der Waals surface area contributed by atoms with Gasteiger partial charge in [0.25, 0.3) is 0 Å². The molecule has 2 aromatic rings. The number of halogens is 2. The number of benzene rings is 1. The standard InChI is InChI=1S/C13H14BrClN2O/c1-2-5-17-8-9(7-16-17)13(18)11-4-3-10(14)6-12(11)15/h3-4,6-8,13,18H,2,5H2,1H3. The van der Waals surface area contributed by atoms with E-state index >= 15 is 0 Å². The molecule has 0 aliphatic rings. The van der Waals surface area contributed by atoms with Crippen molar-refractivity contribution in [1.82, 2.24) is 9.78 Å². The van der Waals surface area contributed by atoms with Crippen LogP contribution in [0.15, 0.2) is 35.1 Å². The Morgan fingerprint density at radius 2 is 2.28 bits per heavy atom. The van der Waals surface area contributed by atoms with E-state index < -0.39 is 6.10 Å². The van der Waals surface area contributed by atoms with Crippen LogP contribution in [0.3, 0.4) is 0 Å². The minimum absolute atomic E-state index is 0.542. The topological polar surface area (TPSA) is 38.0 Å². The van der Waals surface area contributed by atoms with E-state index in [9.17, 15) is 5.11 Å². The van der Waals surface area contributed by atoms with E-state index in [4.69, 9.17) is 11.6 Å². The van der Waals surface area contributed by atoms with E-state index in [0.29, 0.717) is 10.6 Å². The van der Waals surface area contributed by atoms with E-state index in [2.05, 4.69) is 28.0 Å². The summed E-state index contributed by atoms with van der Waals surface area (Å²) in [6, 6.07) is 5.45. The van der Waals surface area contributed by atoms with Crippen molar-refractivity contribution in [3.05, 3.63) is 51.2 Å². The van der Waals surface area contributed by atoms with Gasteiger partial charge in [-0.05, 0) is 18.6 Å². The highest BCUT2D eigenvalue weighted by atomic mass is 79.9. The van der Waals surface area contributed by atoms with Crippen molar-refractivity contribution >= 4 is 27.5 Å². The molecule has 0 aliphatic heterocycles. The third kappa shape index (κ3) is 2.94. The van der Waals surface area contributed by atoms with Gasteiger partial charge in [0.2, 0.25) is 0 Å². The number of rotatable bonds is 4. The maximum Gasteiger partial charge on any atom is 0.109 e. The second-order valence-corrected chi connectivity index (χ2v) is 5.43. The van der Waals surface area contributed by atoms with Crippen molar-refractivity contribution < 1.29 is 5.11 Å². The number of hydrogen-bond donors (Lipinski definition) is 1. The summed E-state index contributed by atoms with van der Waals surface area (Å²) in [6.45, 7) is 2.93. The average Bonchev–Trinajstić information content (AvgIpc) is 2.77. The lowest BCUT2D eigenvalue weighted by Crippen LogP contribution is -2.00. The molecule has 0 saturated carbocycles. The molecule has 5 heteroatoms.